The molecule has 0 atom stereocenters. The van der Waals surface area contributed by atoms with Crippen LogP contribution in [0.25, 0.3) is 0 Å². The zero-order valence-electron chi connectivity index (χ0n) is 17.4. The largest absolute Gasteiger partial charge is 0.364 e. The van der Waals surface area contributed by atoms with Crippen molar-refractivity contribution in [2.45, 2.75) is 18.2 Å². The zero-order valence-corrected chi connectivity index (χ0v) is 18.2. The molecule has 0 aliphatic rings. The van der Waals surface area contributed by atoms with E-state index in [2.05, 4.69) is 20.2 Å². The highest BCUT2D eigenvalue weighted by molar-refractivity contribution is 7.90. The number of rotatable bonds is 9. The van der Waals surface area contributed by atoms with Gasteiger partial charge in [0.15, 0.2) is 27.2 Å². The first-order valence-electron chi connectivity index (χ1n) is 9.16. The van der Waals surface area contributed by atoms with Gasteiger partial charge in [0.05, 0.1) is 10.6 Å². The number of amides is 1. The lowest BCUT2D eigenvalue weighted by molar-refractivity contribution is 0.0996. The fourth-order valence-corrected chi connectivity index (χ4v) is 3.33. The Bertz CT molecular complexity index is 991. The second-order valence-corrected chi connectivity index (χ2v) is 9.07. The van der Waals surface area contributed by atoms with Crippen LogP contribution in [-0.4, -0.2) is 69.7 Å². The van der Waals surface area contributed by atoms with E-state index in [1.165, 1.54) is 12.1 Å². The van der Waals surface area contributed by atoms with Crippen LogP contribution in [0.4, 0.5) is 17.3 Å². The quantitative estimate of drug-likeness (QED) is 0.622. The summed E-state index contributed by atoms with van der Waals surface area (Å²) < 4.78 is 23.7. The summed E-state index contributed by atoms with van der Waals surface area (Å²) in [7, 11) is 2.50. The van der Waals surface area contributed by atoms with Gasteiger partial charge in [-0.1, -0.05) is 13.0 Å². The second kappa shape index (κ2) is 9.19. The average Bonchev–Trinajstić information content (AvgIpc) is 2.65. The summed E-state index contributed by atoms with van der Waals surface area (Å²) in [5.41, 5.74) is 6.66. The molecule has 1 aromatic carbocycles. The number of carbonyl (C=O) groups is 1. The molecule has 0 saturated carbocycles. The van der Waals surface area contributed by atoms with Gasteiger partial charge in [0.1, 0.15) is 0 Å². The lowest BCUT2D eigenvalue weighted by Crippen LogP contribution is -2.30. The van der Waals surface area contributed by atoms with Crippen LogP contribution in [0.2, 0.25) is 0 Å². The molecular formula is C19H28N6O3S. The van der Waals surface area contributed by atoms with Gasteiger partial charge in [0.2, 0.25) is 0 Å². The van der Waals surface area contributed by atoms with Crippen molar-refractivity contribution in [1.82, 2.24) is 14.9 Å². The highest BCUT2D eigenvalue weighted by atomic mass is 32.2. The molecule has 158 valence electrons. The van der Waals surface area contributed by atoms with Gasteiger partial charge in [0.25, 0.3) is 5.91 Å². The molecule has 0 fully saturated rings. The molecule has 3 N–H and O–H groups in total. The molecular weight excluding hydrogens is 392 g/mol. The van der Waals surface area contributed by atoms with Crippen LogP contribution in [0.1, 0.15) is 23.1 Å². The molecule has 2 aromatic rings. The molecule has 1 aromatic heterocycles. The van der Waals surface area contributed by atoms with E-state index in [1.807, 2.05) is 33.0 Å². The maximum absolute atomic E-state index is 12.0. The standard InChI is InChI=1S/C19H28N6O3S/c1-6-15-19(25(4)11-10-24(2)3)23-18(16(22-15)17(20)26)21-13-8-7-9-14(12-13)29(5,27)28/h7-9,12H,6,10-11H2,1-5H3,(H2,20,26)(H,21,23). The van der Waals surface area contributed by atoms with Crippen molar-refractivity contribution in [3.63, 3.8) is 0 Å². The highest BCUT2D eigenvalue weighted by Crippen LogP contribution is 2.25. The Morgan fingerprint density at radius 3 is 2.41 bits per heavy atom. The average molecular weight is 421 g/mol. The lowest BCUT2D eigenvalue weighted by Gasteiger charge is -2.23. The maximum atomic E-state index is 12.0. The van der Waals surface area contributed by atoms with Crippen molar-refractivity contribution in [1.29, 1.82) is 0 Å². The summed E-state index contributed by atoms with van der Waals surface area (Å²) in [6.45, 7) is 3.46. The molecule has 0 saturated heterocycles. The molecule has 2 rings (SSSR count). The van der Waals surface area contributed by atoms with Crippen LogP contribution >= 0.6 is 0 Å². The topological polar surface area (TPSA) is 122 Å². The van der Waals surface area contributed by atoms with E-state index < -0.39 is 15.7 Å². The summed E-state index contributed by atoms with van der Waals surface area (Å²) in [4.78, 5) is 25.2. The molecule has 10 heteroatoms. The number of benzene rings is 1. The van der Waals surface area contributed by atoms with Crippen LogP contribution in [0, 0.1) is 0 Å². The van der Waals surface area contributed by atoms with Crippen molar-refractivity contribution in [2.24, 2.45) is 5.73 Å². The van der Waals surface area contributed by atoms with E-state index in [0.29, 0.717) is 30.2 Å². The SMILES string of the molecule is CCc1nc(C(N)=O)c(Nc2cccc(S(C)(=O)=O)c2)nc1N(C)CCN(C)C. The van der Waals surface area contributed by atoms with Crippen LogP contribution < -0.4 is 16.0 Å². The Balaban J connectivity index is 2.49. The third kappa shape index (κ3) is 5.88. The number of anilines is 3. The zero-order chi connectivity index (χ0) is 21.8. The van der Waals surface area contributed by atoms with Crippen molar-refractivity contribution in [3.8, 4) is 0 Å². The van der Waals surface area contributed by atoms with E-state index in [-0.39, 0.29) is 16.4 Å². The van der Waals surface area contributed by atoms with Gasteiger partial charge in [-0.25, -0.2) is 18.4 Å². The number of sulfone groups is 1. The van der Waals surface area contributed by atoms with Crippen molar-refractivity contribution in [3.05, 3.63) is 35.7 Å². The molecule has 0 spiro atoms. The van der Waals surface area contributed by atoms with Gasteiger partial charge in [0, 0.05) is 32.1 Å². The Morgan fingerprint density at radius 1 is 1.17 bits per heavy atom. The molecule has 0 unspecified atom stereocenters. The van der Waals surface area contributed by atoms with Gasteiger partial charge in [-0.15, -0.1) is 0 Å². The number of nitrogens with two attached hydrogens (primary N) is 1. The number of aromatic nitrogens is 2. The number of nitrogens with zero attached hydrogens (tertiary/aromatic N) is 4. The third-order valence-corrected chi connectivity index (χ3v) is 5.39. The highest BCUT2D eigenvalue weighted by Gasteiger charge is 2.20. The number of aryl methyl sites for hydroxylation is 1. The molecule has 9 nitrogen and oxygen atoms in total. The van der Waals surface area contributed by atoms with Crippen LogP contribution in [0.3, 0.4) is 0 Å². The molecule has 1 amide bonds. The van der Waals surface area contributed by atoms with E-state index >= 15 is 0 Å². The first-order valence-corrected chi connectivity index (χ1v) is 11.1. The van der Waals surface area contributed by atoms with E-state index in [9.17, 15) is 13.2 Å². The number of carbonyl (C=O) groups excluding carboxylic acids is 1. The molecule has 0 aliphatic heterocycles. The van der Waals surface area contributed by atoms with Gasteiger partial charge in [-0.3, -0.25) is 4.79 Å². The lowest BCUT2D eigenvalue weighted by atomic mass is 10.2. The van der Waals surface area contributed by atoms with Gasteiger partial charge < -0.3 is 20.9 Å². The summed E-state index contributed by atoms with van der Waals surface area (Å²) >= 11 is 0. The number of hydrogen-bond donors (Lipinski definition) is 2. The Labute approximate surface area is 171 Å². The number of likely N-dealkylation sites (N-methyl/N-ethyl adjacent to an activating group) is 2. The van der Waals surface area contributed by atoms with Crippen molar-refractivity contribution >= 4 is 33.1 Å². The Hall–Kier alpha value is -2.72. The number of hydrogen-bond acceptors (Lipinski definition) is 8. The van der Waals surface area contributed by atoms with E-state index in [4.69, 9.17) is 5.73 Å². The minimum Gasteiger partial charge on any atom is -0.364 e. The fourth-order valence-electron chi connectivity index (χ4n) is 2.66. The first kappa shape index (κ1) is 22.6. The van der Waals surface area contributed by atoms with Crippen LogP contribution in [-0.2, 0) is 16.3 Å². The minimum atomic E-state index is -3.37. The van der Waals surface area contributed by atoms with Gasteiger partial charge >= 0.3 is 0 Å². The molecule has 1 heterocycles. The van der Waals surface area contributed by atoms with E-state index in [0.717, 1.165) is 12.8 Å². The summed E-state index contributed by atoms with van der Waals surface area (Å²) in [6, 6.07) is 6.28. The smallest absolute Gasteiger partial charge is 0.271 e. The monoisotopic (exact) mass is 420 g/mol. The predicted molar refractivity (Wildman–Crippen MR) is 115 cm³/mol. The Kier molecular flexibility index (Phi) is 7.15. The Morgan fingerprint density at radius 2 is 1.86 bits per heavy atom. The summed E-state index contributed by atoms with van der Waals surface area (Å²) in [6.07, 6.45) is 1.72. The predicted octanol–water partition coefficient (Wildman–Crippen LogP) is 1.28. The number of primary amides is 1. The van der Waals surface area contributed by atoms with Crippen molar-refractivity contribution in [2.75, 3.05) is 50.7 Å². The van der Waals surface area contributed by atoms with Crippen molar-refractivity contribution < 1.29 is 13.2 Å². The molecule has 0 radical (unpaired) electrons. The van der Waals surface area contributed by atoms with Crippen LogP contribution in [0.15, 0.2) is 29.2 Å². The van der Waals surface area contributed by atoms with Crippen LogP contribution in [0.5, 0.6) is 0 Å². The normalized spacial score (nSPS) is 11.5. The van der Waals surface area contributed by atoms with Gasteiger partial charge in [-0.2, -0.15) is 0 Å². The number of nitrogens with one attached hydrogen (secondary N) is 1. The minimum absolute atomic E-state index is 0.0105. The molecule has 0 bridgehead atoms. The fraction of sp³-hybridized carbons (Fsp3) is 0.421. The van der Waals surface area contributed by atoms with Gasteiger partial charge in [-0.05, 0) is 38.7 Å². The summed E-state index contributed by atoms with van der Waals surface area (Å²) in [5.74, 6) is 0.115. The second-order valence-electron chi connectivity index (χ2n) is 7.06. The maximum Gasteiger partial charge on any atom is 0.271 e. The molecule has 29 heavy (non-hydrogen) atoms. The van der Waals surface area contributed by atoms with E-state index in [1.54, 1.807) is 12.1 Å². The first-order chi connectivity index (χ1) is 13.5. The molecule has 0 aliphatic carbocycles. The third-order valence-electron chi connectivity index (χ3n) is 4.28. The summed E-state index contributed by atoms with van der Waals surface area (Å²) in [5, 5.41) is 3.00.